The Kier molecular flexibility index (Phi) is 5.06. The molecule has 2 aliphatic rings. The van der Waals surface area contributed by atoms with E-state index in [2.05, 4.69) is 33.6 Å². The highest BCUT2D eigenvalue weighted by molar-refractivity contribution is 5.88. The summed E-state index contributed by atoms with van der Waals surface area (Å²) in [4.78, 5) is 25.3. The fraction of sp³-hybridized carbons (Fsp3) is 0.320. The van der Waals surface area contributed by atoms with Crippen molar-refractivity contribution in [3.05, 3.63) is 72.2 Å². The number of anilines is 1. The number of nitrogens with zero attached hydrogens (tertiary/aromatic N) is 4. The van der Waals surface area contributed by atoms with Crippen molar-refractivity contribution < 1.29 is 9.90 Å². The Bertz CT molecular complexity index is 1150. The molecule has 3 aromatic rings. The molecule has 2 heterocycles. The van der Waals surface area contributed by atoms with E-state index in [0.717, 1.165) is 49.2 Å². The van der Waals surface area contributed by atoms with Crippen LogP contribution in [0.3, 0.4) is 0 Å². The third-order valence-electron chi connectivity index (χ3n) is 6.60. The van der Waals surface area contributed by atoms with E-state index in [1.54, 1.807) is 12.4 Å². The van der Waals surface area contributed by atoms with E-state index >= 15 is 0 Å². The van der Waals surface area contributed by atoms with Crippen LogP contribution in [0, 0.1) is 0 Å². The minimum Gasteiger partial charge on any atom is -0.508 e. The number of aromatic nitrogens is 2. The van der Waals surface area contributed by atoms with E-state index < -0.39 is 0 Å². The van der Waals surface area contributed by atoms with Crippen molar-refractivity contribution in [3.8, 4) is 5.75 Å². The number of amides is 1. The Labute approximate surface area is 181 Å². The van der Waals surface area contributed by atoms with Gasteiger partial charge >= 0.3 is 0 Å². The first kappa shape index (κ1) is 19.5. The van der Waals surface area contributed by atoms with Gasteiger partial charge in [0.15, 0.2) is 0 Å². The van der Waals surface area contributed by atoms with Gasteiger partial charge in [0.25, 0.3) is 0 Å². The molecular formula is C25H26N4O2. The largest absolute Gasteiger partial charge is 0.508 e. The van der Waals surface area contributed by atoms with Gasteiger partial charge in [0.2, 0.25) is 5.91 Å². The molecule has 31 heavy (non-hydrogen) atoms. The first-order valence-electron chi connectivity index (χ1n) is 10.8. The Balaban J connectivity index is 1.39. The molecule has 1 fully saturated rings. The maximum atomic E-state index is 11.9. The SMILES string of the molecule is C=CC(=O)N1CCN(c2ncnc3c2CC[C@H](c2cccc4cc(O)ccc24)C3)CC1. The van der Waals surface area contributed by atoms with Crippen molar-refractivity contribution in [2.24, 2.45) is 0 Å². The number of rotatable bonds is 3. The summed E-state index contributed by atoms with van der Waals surface area (Å²) in [6, 6.07) is 11.9. The van der Waals surface area contributed by atoms with Gasteiger partial charge in [-0.3, -0.25) is 4.79 Å². The minimum absolute atomic E-state index is 0.00406. The second-order valence-corrected chi connectivity index (χ2v) is 8.33. The van der Waals surface area contributed by atoms with Crippen LogP contribution in [0.5, 0.6) is 5.75 Å². The maximum absolute atomic E-state index is 11.9. The second-order valence-electron chi connectivity index (χ2n) is 8.33. The van der Waals surface area contributed by atoms with Crippen LogP contribution in [-0.2, 0) is 17.6 Å². The van der Waals surface area contributed by atoms with Crippen LogP contribution < -0.4 is 4.90 Å². The van der Waals surface area contributed by atoms with Gasteiger partial charge in [-0.1, -0.05) is 30.8 Å². The Hall–Kier alpha value is -3.41. The van der Waals surface area contributed by atoms with Crippen LogP contribution in [0.4, 0.5) is 5.82 Å². The van der Waals surface area contributed by atoms with Crippen molar-refractivity contribution in [3.63, 3.8) is 0 Å². The number of carbonyl (C=O) groups excluding carboxylic acids is 1. The number of aromatic hydroxyl groups is 1. The predicted molar refractivity (Wildman–Crippen MR) is 121 cm³/mol. The van der Waals surface area contributed by atoms with Crippen molar-refractivity contribution in [1.82, 2.24) is 14.9 Å². The summed E-state index contributed by atoms with van der Waals surface area (Å²) in [6.45, 7) is 6.52. The molecule has 0 bridgehead atoms. The fourth-order valence-electron chi connectivity index (χ4n) is 4.98. The molecule has 1 aromatic heterocycles. The van der Waals surface area contributed by atoms with E-state index in [0.29, 0.717) is 24.8 Å². The molecule has 0 saturated carbocycles. The van der Waals surface area contributed by atoms with Gasteiger partial charge in [-0.25, -0.2) is 9.97 Å². The Morgan fingerprint density at radius 3 is 2.77 bits per heavy atom. The third-order valence-corrected chi connectivity index (χ3v) is 6.60. The molecule has 2 aromatic carbocycles. The molecule has 6 heteroatoms. The van der Waals surface area contributed by atoms with Crippen molar-refractivity contribution in [2.45, 2.75) is 25.2 Å². The van der Waals surface area contributed by atoms with E-state index in [1.165, 1.54) is 22.6 Å². The lowest BCUT2D eigenvalue weighted by atomic mass is 9.80. The zero-order valence-corrected chi connectivity index (χ0v) is 17.5. The van der Waals surface area contributed by atoms with Crippen LogP contribution in [0.25, 0.3) is 10.8 Å². The highest BCUT2D eigenvalue weighted by atomic mass is 16.3. The summed E-state index contributed by atoms with van der Waals surface area (Å²) in [5.74, 6) is 1.71. The smallest absolute Gasteiger partial charge is 0.246 e. The summed E-state index contributed by atoms with van der Waals surface area (Å²) in [7, 11) is 0. The molecule has 6 nitrogen and oxygen atoms in total. The number of phenolic OH excluding ortho intramolecular Hbond substituents is 1. The lowest BCUT2D eigenvalue weighted by molar-refractivity contribution is -0.126. The lowest BCUT2D eigenvalue weighted by Crippen LogP contribution is -2.49. The Morgan fingerprint density at radius 1 is 1.13 bits per heavy atom. The molecule has 0 spiro atoms. The van der Waals surface area contributed by atoms with E-state index in [1.807, 2.05) is 23.1 Å². The summed E-state index contributed by atoms with van der Waals surface area (Å²) in [6.07, 6.45) is 5.94. The quantitative estimate of drug-likeness (QED) is 0.665. The van der Waals surface area contributed by atoms with Gasteiger partial charge in [0.05, 0.1) is 0 Å². The summed E-state index contributed by atoms with van der Waals surface area (Å²) in [5.41, 5.74) is 3.70. The zero-order chi connectivity index (χ0) is 21.4. The van der Waals surface area contributed by atoms with Crippen molar-refractivity contribution in [1.29, 1.82) is 0 Å². The minimum atomic E-state index is -0.00406. The third kappa shape index (κ3) is 3.63. The van der Waals surface area contributed by atoms with Crippen LogP contribution in [0.2, 0.25) is 0 Å². The number of hydrogen-bond acceptors (Lipinski definition) is 5. The van der Waals surface area contributed by atoms with Gasteiger partial charge in [-0.15, -0.1) is 0 Å². The predicted octanol–water partition coefficient (Wildman–Crippen LogP) is 3.44. The Morgan fingerprint density at radius 2 is 1.97 bits per heavy atom. The molecule has 1 saturated heterocycles. The van der Waals surface area contributed by atoms with Gasteiger partial charge < -0.3 is 14.9 Å². The van der Waals surface area contributed by atoms with E-state index in [9.17, 15) is 9.90 Å². The lowest BCUT2D eigenvalue weighted by Gasteiger charge is -2.37. The van der Waals surface area contributed by atoms with Gasteiger partial charge in [-0.2, -0.15) is 0 Å². The second kappa shape index (κ2) is 8.02. The zero-order valence-electron chi connectivity index (χ0n) is 17.5. The highest BCUT2D eigenvalue weighted by Gasteiger charge is 2.28. The molecule has 5 rings (SSSR count). The number of benzene rings is 2. The number of carbonyl (C=O) groups is 1. The van der Waals surface area contributed by atoms with Crippen LogP contribution in [0.1, 0.15) is 29.2 Å². The first-order chi connectivity index (χ1) is 15.1. The van der Waals surface area contributed by atoms with Gasteiger partial charge in [0.1, 0.15) is 17.9 Å². The number of fused-ring (bicyclic) bond motifs is 2. The van der Waals surface area contributed by atoms with Crippen molar-refractivity contribution >= 4 is 22.5 Å². The topological polar surface area (TPSA) is 69.6 Å². The standard InChI is InChI=1S/C25H26N4O2/c1-2-24(31)28-10-12-29(13-11-28)25-22-8-6-18(15-23(22)26-16-27-25)20-5-3-4-17-14-19(30)7-9-21(17)20/h2-5,7,9,14,16,18,30H,1,6,8,10-13,15H2/t18-/m0/s1. The molecule has 1 aliphatic heterocycles. The summed E-state index contributed by atoms with van der Waals surface area (Å²) >= 11 is 0. The molecule has 0 unspecified atom stereocenters. The number of piperazine rings is 1. The average Bonchev–Trinajstić information content (AvgIpc) is 2.82. The summed E-state index contributed by atoms with van der Waals surface area (Å²) < 4.78 is 0. The average molecular weight is 415 g/mol. The molecule has 1 aliphatic carbocycles. The van der Waals surface area contributed by atoms with E-state index in [-0.39, 0.29) is 5.91 Å². The molecule has 1 N–H and O–H groups in total. The summed E-state index contributed by atoms with van der Waals surface area (Å²) in [5, 5.41) is 12.1. The van der Waals surface area contributed by atoms with Gasteiger partial charge in [0, 0.05) is 37.4 Å². The maximum Gasteiger partial charge on any atom is 0.246 e. The molecule has 1 atom stereocenters. The molecule has 0 radical (unpaired) electrons. The van der Waals surface area contributed by atoms with Crippen LogP contribution >= 0.6 is 0 Å². The van der Waals surface area contributed by atoms with Gasteiger partial charge in [-0.05, 0) is 59.7 Å². The number of phenols is 1. The van der Waals surface area contributed by atoms with Crippen molar-refractivity contribution in [2.75, 3.05) is 31.1 Å². The molecule has 1 amide bonds. The first-order valence-corrected chi connectivity index (χ1v) is 10.8. The van der Waals surface area contributed by atoms with Crippen LogP contribution in [-0.4, -0.2) is 52.1 Å². The molecule has 158 valence electrons. The highest BCUT2D eigenvalue weighted by Crippen LogP contribution is 2.38. The van der Waals surface area contributed by atoms with Crippen LogP contribution in [0.15, 0.2) is 55.4 Å². The molecular weight excluding hydrogens is 388 g/mol. The van der Waals surface area contributed by atoms with E-state index in [4.69, 9.17) is 0 Å². The monoisotopic (exact) mass is 414 g/mol. The fourth-order valence-corrected chi connectivity index (χ4v) is 4.98. The normalized spacial score (nSPS) is 18.6. The number of hydrogen-bond donors (Lipinski definition) is 1.